The summed E-state index contributed by atoms with van der Waals surface area (Å²) in [5.41, 5.74) is 2.23. The van der Waals surface area contributed by atoms with E-state index in [2.05, 4.69) is 0 Å². The van der Waals surface area contributed by atoms with Gasteiger partial charge in [0, 0.05) is 11.4 Å². The first-order chi connectivity index (χ1) is 6.66. The Morgan fingerprint density at radius 2 is 2.21 bits per heavy atom. The molecule has 0 saturated heterocycles. The molecule has 2 rings (SSSR count). The Kier molecular flexibility index (Phi) is 2.80. The van der Waals surface area contributed by atoms with Gasteiger partial charge in [0.1, 0.15) is 0 Å². The minimum absolute atomic E-state index is 0.199. The van der Waals surface area contributed by atoms with E-state index in [1.807, 2.05) is 25.1 Å². The van der Waals surface area contributed by atoms with E-state index < -0.39 is 0 Å². The molecule has 0 aromatic heterocycles. The van der Waals surface area contributed by atoms with E-state index in [0.717, 1.165) is 10.6 Å². The van der Waals surface area contributed by atoms with Gasteiger partial charge in [0.2, 0.25) is 0 Å². The highest BCUT2D eigenvalue weighted by Crippen LogP contribution is 2.34. The van der Waals surface area contributed by atoms with Crippen LogP contribution in [0.1, 0.15) is 24.0 Å². The third kappa shape index (κ3) is 2.28. The Morgan fingerprint density at radius 3 is 2.79 bits per heavy atom. The highest BCUT2D eigenvalue weighted by molar-refractivity contribution is 6.31. The summed E-state index contributed by atoms with van der Waals surface area (Å²) in [7, 11) is 0. The van der Waals surface area contributed by atoms with Crippen LogP contribution in [0, 0.1) is 12.8 Å². The molecule has 0 spiro atoms. The molecule has 1 unspecified atom stereocenters. The fourth-order valence-corrected chi connectivity index (χ4v) is 2.00. The first-order valence-corrected chi connectivity index (χ1v) is 5.47. The molecular weight excluding hydrogens is 196 g/mol. The van der Waals surface area contributed by atoms with Crippen molar-refractivity contribution in [2.45, 2.75) is 32.3 Å². The molecule has 1 aromatic carbocycles. The molecule has 0 amide bonds. The van der Waals surface area contributed by atoms with Crippen LogP contribution in [-0.4, -0.2) is 11.2 Å². The fourth-order valence-electron chi connectivity index (χ4n) is 1.69. The molecule has 1 N–H and O–H groups in total. The normalized spacial score (nSPS) is 18.2. The third-order valence-electron chi connectivity index (χ3n) is 2.80. The molecule has 2 heteroatoms. The second-order valence-corrected chi connectivity index (χ2v) is 4.61. The molecule has 0 heterocycles. The maximum atomic E-state index is 9.78. The van der Waals surface area contributed by atoms with Crippen LogP contribution in [-0.2, 0) is 6.42 Å². The van der Waals surface area contributed by atoms with Gasteiger partial charge < -0.3 is 5.11 Å². The number of benzene rings is 1. The van der Waals surface area contributed by atoms with Crippen LogP contribution in [0.25, 0.3) is 0 Å². The fraction of sp³-hybridized carbons (Fsp3) is 0.500. The van der Waals surface area contributed by atoms with Gasteiger partial charge in [0.25, 0.3) is 0 Å². The zero-order valence-corrected chi connectivity index (χ0v) is 9.09. The lowest BCUT2D eigenvalue weighted by atomic mass is 10.0. The molecule has 0 radical (unpaired) electrons. The van der Waals surface area contributed by atoms with E-state index >= 15 is 0 Å². The van der Waals surface area contributed by atoms with Crippen LogP contribution >= 0.6 is 11.6 Å². The van der Waals surface area contributed by atoms with E-state index in [0.29, 0.717) is 12.3 Å². The Labute approximate surface area is 89.7 Å². The van der Waals surface area contributed by atoms with Crippen molar-refractivity contribution in [2.24, 2.45) is 5.92 Å². The Hall–Kier alpha value is -0.530. The molecule has 1 aromatic rings. The minimum Gasteiger partial charge on any atom is -0.392 e. The van der Waals surface area contributed by atoms with Gasteiger partial charge in [-0.05, 0) is 42.9 Å². The number of halogens is 1. The van der Waals surface area contributed by atoms with Gasteiger partial charge in [-0.1, -0.05) is 23.7 Å². The van der Waals surface area contributed by atoms with E-state index in [1.165, 1.54) is 18.4 Å². The predicted octanol–water partition coefficient (Wildman–Crippen LogP) is 2.96. The predicted molar refractivity (Wildman–Crippen MR) is 58.6 cm³/mol. The molecule has 1 atom stereocenters. The molecule has 0 bridgehead atoms. The van der Waals surface area contributed by atoms with Crippen LogP contribution in [0.3, 0.4) is 0 Å². The summed E-state index contributed by atoms with van der Waals surface area (Å²) in [6, 6.07) is 6.01. The van der Waals surface area contributed by atoms with Crippen molar-refractivity contribution >= 4 is 11.6 Å². The van der Waals surface area contributed by atoms with Crippen molar-refractivity contribution in [1.82, 2.24) is 0 Å². The standard InChI is InChI=1S/C12H15ClO/c1-8-2-3-10(11(13)6-8)7-12(14)9-4-5-9/h2-3,6,9,12,14H,4-5,7H2,1H3. The summed E-state index contributed by atoms with van der Waals surface area (Å²) in [6.45, 7) is 2.02. The van der Waals surface area contributed by atoms with E-state index in [-0.39, 0.29) is 6.10 Å². The maximum Gasteiger partial charge on any atom is 0.0609 e. The molecule has 1 fully saturated rings. The number of hydrogen-bond donors (Lipinski definition) is 1. The summed E-state index contributed by atoms with van der Waals surface area (Å²) in [6.07, 6.45) is 2.84. The molecule has 1 nitrogen and oxygen atoms in total. The van der Waals surface area contributed by atoms with Crippen molar-refractivity contribution in [1.29, 1.82) is 0 Å². The second-order valence-electron chi connectivity index (χ2n) is 4.20. The van der Waals surface area contributed by atoms with E-state index in [9.17, 15) is 5.11 Å². The van der Waals surface area contributed by atoms with Crippen LogP contribution in [0.2, 0.25) is 5.02 Å². The lowest BCUT2D eigenvalue weighted by molar-refractivity contribution is 0.151. The largest absolute Gasteiger partial charge is 0.392 e. The monoisotopic (exact) mass is 210 g/mol. The lowest BCUT2D eigenvalue weighted by Gasteiger charge is -2.10. The Balaban J connectivity index is 2.07. The molecule has 1 aliphatic carbocycles. The average Bonchev–Trinajstić information content (AvgIpc) is 2.92. The molecule has 1 saturated carbocycles. The number of aliphatic hydroxyl groups excluding tert-OH is 1. The van der Waals surface area contributed by atoms with Gasteiger partial charge in [-0.2, -0.15) is 0 Å². The summed E-state index contributed by atoms with van der Waals surface area (Å²) in [5.74, 6) is 0.521. The molecule has 0 aliphatic heterocycles. The van der Waals surface area contributed by atoms with Crippen molar-refractivity contribution in [3.63, 3.8) is 0 Å². The first-order valence-electron chi connectivity index (χ1n) is 5.10. The highest BCUT2D eigenvalue weighted by atomic mass is 35.5. The van der Waals surface area contributed by atoms with Gasteiger partial charge in [-0.15, -0.1) is 0 Å². The van der Waals surface area contributed by atoms with Crippen LogP contribution in [0.4, 0.5) is 0 Å². The maximum absolute atomic E-state index is 9.78. The Bertz CT molecular complexity index is 331. The number of aliphatic hydroxyl groups is 1. The number of rotatable bonds is 3. The molecule has 1 aliphatic rings. The van der Waals surface area contributed by atoms with Gasteiger partial charge >= 0.3 is 0 Å². The second kappa shape index (κ2) is 3.92. The number of hydrogen-bond acceptors (Lipinski definition) is 1. The minimum atomic E-state index is -0.199. The van der Waals surface area contributed by atoms with Crippen molar-refractivity contribution in [3.8, 4) is 0 Å². The van der Waals surface area contributed by atoms with E-state index in [4.69, 9.17) is 11.6 Å². The summed E-state index contributed by atoms with van der Waals surface area (Å²) in [4.78, 5) is 0. The zero-order valence-electron chi connectivity index (χ0n) is 8.33. The van der Waals surface area contributed by atoms with Crippen molar-refractivity contribution < 1.29 is 5.11 Å². The number of aryl methyl sites for hydroxylation is 1. The summed E-state index contributed by atoms with van der Waals surface area (Å²) >= 11 is 6.09. The molecule has 14 heavy (non-hydrogen) atoms. The highest BCUT2D eigenvalue weighted by Gasteiger charge is 2.29. The van der Waals surface area contributed by atoms with Crippen LogP contribution in [0.15, 0.2) is 18.2 Å². The smallest absolute Gasteiger partial charge is 0.0609 e. The topological polar surface area (TPSA) is 20.2 Å². The lowest BCUT2D eigenvalue weighted by Crippen LogP contribution is -2.12. The van der Waals surface area contributed by atoms with Gasteiger partial charge in [0.05, 0.1) is 6.10 Å². The Morgan fingerprint density at radius 1 is 1.50 bits per heavy atom. The van der Waals surface area contributed by atoms with Gasteiger partial charge in [0.15, 0.2) is 0 Å². The quantitative estimate of drug-likeness (QED) is 0.814. The molecular formula is C12H15ClO. The first kappa shape index (κ1) is 10.0. The van der Waals surface area contributed by atoms with Crippen molar-refractivity contribution in [3.05, 3.63) is 34.3 Å². The average molecular weight is 211 g/mol. The van der Waals surface area contributed by atoms with Crippen molar-refractivity contribution in [2.75, 3.05) is 0 Å². The van der Waals surface area contributed by atoms with Gasteiger partial charge in [-0.25, -0.2) is 0 Å². The zero-order chi connectivity index (χ0) is 10.1. The van der Waals surface area contributed by atoms with Gasteiger partial charge in [-0.3, -0.25) is 0 Å². The molecule has 76 valence electrons. The summed E-state index contributed by atoms with van der Waals surface area (Å²) < 4.78 is 0. The van der Waals surface area contributed by atoms with Crippen LogP contribution in [0.5, 0.6) is 0 Å². The SMILES string of the molecule is Cc1ccc(CC(O)C2CC2)c(Cl)c1. The van der Waals surface area contributed by atoms with E-state index in [1.54, 1.807) is 0 Å². The summed E-state index contributed by atoms with van der Waals surface area (Å²) in [5, 5.41) is 10.6. The van der Waals surface area contributed by atoms with Crippen LogP contribution < -0.4 is 0 Å². The third-order valence-corrected chi connectivity index (χ3v) is 3.16.